The average molecular weight is 174 g/mol. The maximum atomic E-state index is 12.6. The van der Waals surface area contributed by atoms with E-state index in [0.29, 0.717) is 5.57 Å². The van der Waals surface area contributed by atoms with Gasteiger partial charge in [0, 0.05) is 0 Å². The summed E-state index contributed by atoms with van der Waals surface area (Å²) in [5, 5.41) is 9.23. The fraction of sp³-hybridized carbons (Fsp3) is 0.556. The summed E-state index contributed by atoms with van der Waals surface area (Å²) in [5.74, 6) is 0.206. The van der Waals surface area contributed by atoms with Gasteiger partial charge in [0.15, 0.2) is 0 Å². The minimum atomic E-state index is -1.34. The second kappa shape index (κ2) is 4.93. The lowest BCUT2D eigenvalue weighted by atomic mass is 10.1. The summed E-state index contributed by atoms with van der Waals surface area (Å²) in [6, 6.07) is 0. The Morgan fingerprint density at radius 3 is 2.42 bits per heavy atom. The average Bonchev–Trinajstić information content (AvgIpc) is 1.98. The first kappa shape index (κ1) is 11.2. The summed E-state index contributed by atoms with van der Waals surface area (Å²) in [5.41, 5.74) is 0.714. The molecule has 12 heavy (non-hydrogen) atoms. The molecular weight excluding hydrogens is 159 g/mol. The topological polar surface area (TPSA) is 29.5 Å². The highest BCUT2D eigenvalue weighted by atomic mass is 19.1. The fourth-order valence-corrected chi connectivity index (χ4v) is 0.734. The molecule has 0 saturated carbocycles. The molecule has 70 valence electrons. The number of hydrogen-bond donors (Lipinski definition) is 1. The first-order chi connectivity index (χ1) is 5.49. The van der Waals surface area contributed by atoms with E-state index in [4.69, 9.17) is 4.74 Å². The number of aliphatic hydroxyl groups is 1. The van der Waals surface area contributed by atoms with E-state index in [1.54, 1.807) is 6.92 Å². The first-order valence-electron chi connectivity index (χ1n) is 3.72. The van der Waals surface area contributed by atoms with Crippen LogP contribution in [0, 0.1) is 0 Å². The molecule has 0 amide bonds. The highest BCUT2D eigenvalue weighted by Gasteiger charge is 2.18. The molecule has 2 unspecified atom stereocenters. The maximum absolute atomic E-state index is 12.6. The normalized spacial score (nSPS) is 16.9. The minimum absolute atomic E-state index is 0.206. The van der Waals surface area contributed by atoms with E-state index in [9.17, 15) is 9.50 Å². The number of methoxy groups -OCH3 is 1. The summed E-state index contributed by atoms with van der Waals surface area (Å²) in [7, 11) is 1.39. The molecule has 0 aromatic heterocycles. The van der Waals surface area contributed by atoms with E-state index in [2.05, 4.69) is 6.58 Å². The van der Waals surface area contributed by atoms with Gasteiger partial charge in [-0.1, -0.05) is 12.2 Å². The Bertz CT molecular complexity index is 185. The molecule has 0 spiro atoms. The lowest BCUT2D eigenvalue weighted by Crippen LogP contribution is -2.22. The molecule has 0 rings (SSSR count). The van der Waals surface area contributed by atoms with Gasteiger partial charge in [0.05, 0.1) is 7.11 Å². The van der Waals surface area contributed by atoms with Crippen LogP contribution in [0.3, 0.4) is 0 Å². The molecule has 0 bridgehead atoms. The van der Waals surface area contributed by atoms with E-state index in [1.165, 1.54) is 20.1 Å². The molecule has 0 aromatic rings. The largest absolute Gasteiger partial charge is 0.498 e. The van der Waals surface area contributed by atoms with Gasteiger partial charge in [0.25, 0.3) is 0 Å². The van der Waals surface area contributed by atoms with Crippen LogP contribution in [0.2, 0.25) is 0 Å². The predicted octanol–water partition coefficient (Wildman–Crippen LogP) is 1.81. The molecule has 2 atom stereocenters. The minimum Gasteiger partial charge on any atom is -0.498 e. The molecule has 0 aromatic carbocycles. The number of halogens is 1. The van der Waals surface area contributed by atoms with Crippen LogP contribution < -0.4 is 0 Å². The van der Waals surface area contributed by atoms with Gasteiger partial charge in [-0.25, -0.2) is 4.39 Å². The molecule has 0 aliphatic heterocycles. The highest BCUT2D eigenvalue weighted by molar-refractivity contribution is 5.18. The number of alkyl halides is 1. The van der Waals surface area contributed by atoms with E-state index in [-0.39, 0.29) is 5.76 Å². The standard InChI is InChI=1S/C9H15FO2/c1-6(2)5-8(12-4)9(11)7(3)10/h5,7,9,11H,1H2,2-4H3/b8-5-. The van der Waals surface area contributed by atoms with Crippen LogP contribution in [-0.4, -0.2) is 24.5 Å². The van der Waals surface area contributed by atoms with Gasteiger partial charge in [-0.3, -0.25) is 0 Å². The third kappa shape index (κ3) is 3.53. The quantitative estimate of drug-likeness (QED) is 0.520. The zero-order valence-corrected chi connectivity index (χ0v) is 7.67. The molecule has 0 fully saturated rings. The highest BCUT2D eigenvalue weighted by Crippen LogP contribution is 2.12. The van der Waals surface area contributed by atoms with Crippen molar-refractivity contribution in [2.75, 3.05) is 7.11 Å². The van der Waals surface area contributed by atoms with Crippen LogP contribution in [0.1, 0.15) is 13.8 Å². The monoisotopic (exact) mass is 174 g/mol. The fourth-order valence-electron chi connectivity index (χ4n) is 0.734. The third-order valence-corrected chi connectivity index (χ3v) is 1.35. The van der Waals surface area contributed by atoms with E-state index in [1.807, 2.05) is 0 Å². The Morgan fingerprint density at radius 2 is 2.17 bits per heavy atom. The zero-order valence-electron chi connectivity index (χ0n) is 7.67. The molecule has 0 aliphatic rings. The lowest BCUT2D eigenvalue weighted by Gasteiger charge is -2.14. The number of aliphatic hydroxyl groups excluding tert-OH is 1. The lowest BCUT2D eigenvalue weighted by molar-refractivity contribution is 0.0664. The second-order valence-electron chi connectivity index (χ2n) is 2.72. The Kier molecular flexibility index (Phi) is 4.59. The number of ether oxygens (including phenoxy) is 1. The van der Waals surface area contributed by atoms with Gasteiger partial charge in [0.2, 0.25) is 0 Å². The van der Waals surface area contributed by atoms with Gasteiger partial charge >= 0.3 is 0 Å². The van der Waals surface area contributed by atoms with Gasteiger partial charge in [0.1, 0.15) is 18.0 Å². The van der Waals surface area contributed by atoms with Crippen molar-refractivity contribution in [3.63, 3.8) is 0 Å². The second-order valence-corrected chi connectivity index (χ2v) is 2.72. The Morgan fingerprint density at radius 1 is 1.67 bits per heavy atom. The Balaban J connectivity index is 4.44. The van der Waals surface area contributed by atoms with Crippen LogP contribution in [0.4, 0.5) is 4.39 Å². The predicted molar refractivity (Wildman–Crippen MR) is 46.5 cm³/mol. The first-order valence-corrected chi connectivity index (χ1v) is 3.72. The SMILES string of the molecule is C=C(C)/C=C(\OC)C(O)C(C)F. The molecule has 0 saturated heterocycles. The van der Waals surface area contributed by atoms with Crippen molar-refractivity contribution in [3.8, 4) is 0 Å². The van der Waals surface area contributed by atoms with Gasteiger partial charge in [-0.2, -0.15) is 0 Å². The Hall–Kier alpha value is -0.830. The summed E-state index contributed by atoms with van der Waals surface area (Å²) >= 11 is 0. The van der Waals surface area contributed by atoms with Crippen molar-refractivity contribution in [1.82, 2.24) is 0 Å². The van der Waals surface area contributed by atoms with Crippen molar-refractivity contribution in [2.45, 2.75) is 26.1 Å². The summed E-state index contributed by atoms with van der Waals surface area (Å²) in [6.45, 7) is 6.61. The summed E-state index contributed by atoms with van der Waals surface area (Å²) in [6.07, 6.45) is -1.02. The smallest absolute Gasteiger partial charge is 0.142 e. The zero-order chi connectivity index (χ0) is 9.72. The molecule has 1 N–H and O–H groups in total. The van der Waals surface area contributed by atoms with Crippen LogP contribution >= 0.6 is 0 Å². The van der Waals surface area contributed by atoms with Crippen molar-refractivity contribution in [1.29, 1.82) is 0 Å². The molecule has 0 radical (unpaired) electrons. The van der Waals surface area contributed by atoms with E-state index < -0.39 is 12.3 Å². The molecule has 0 aliphatic carbocycles. The number of hydrogen-bond acceptors (Lipinski definition) is 2. The van der Waals surface area contributed by atoms with Gasteiger partial charge < -0.3 is 9.84 Å². The van der Waals surface area contributed by atoms with Gasteiger partial charge in [-0.05, 0) is 19.9 Å². The van der Waals surface area contributed by atoms with Crippen LogP contribution in [0.15, 0.2) is 24.0 Å². The number of allylic oxidation sites excluding steroid dienone is 2. The van der Waals surface area contributed by atoms with Crippen LogP contribution in [0.25, 0.3) is 0 Å². The van der Waals surface area contributed by atoms with Crippen molar-refractivity contribution >= 4 is 0 Å². The number of rotatable bonds is 4. The molecular formula is C9H15FO2. The van der Waals surface area contributed by atoms with E-state index >= 15 is 0 Å². The summed E-state index contributed by atoms with van der Waals surface area (Å²) in [4.78, 5) is 0. The molecule has 3 heteroatoms. The van der Waals surface area contributed by atoms with Gasteiger partial charge in [-0.15, -0.1) is 0 Å². The van der Waals surface area contributed by atoms with E-state index in [0.717, 1.165) is 0 Å². The van der Waals surface area contributed by atoms with Crippen molar-refractivity contribution in [2.24, 2.45) is 0 Å². The van der Waals surface area contributed by atoms with Crippen molar-refractivity contribution in [3.05, 3.63) is 24.0 Å². The third-order valence-electron chi connectivity index (χ3n) is 1.35. The molecule has 0 heterocycles. The van der Waals surface area contributed by atoms with Crippen LogP contribution in [0.5, 0.6) is 0 Å². The maximum Gasteiger partial charge on any atom is 0.142 e. The Labute approximate surface area is 72.4 Å². The molecule has 2 nitrogen and oxygen atoms in total. The summed E-state index contributed by atoms with van der Waals surface area (Å²) < 4.78 is 17.4. The van der Waals surface area contributed by atoms with Crippen molar-refractivity contribution < 1.29 is 14.2 Å². The van der Waals surface area contributed by atoms with Crippen LogP contribution in [-0.2, 0) is 4.74 Å².